The highest BCUT2D eigenvalue weighted by atomic mass is 16.5. The van der Waals surface area contributed by atoms with E-state index in [0.29, 0.717) is 0 Å². The number of carboxylic acid groups (broad SMARTS) is 1. The average Bonchev–Trinajstić information content (AvgIpc) is 3.21. The molecule has 1 aliphatic carbocycles. The Morgan fingerprint density at radius 3 is 2.70 bits per heavy atom. The Hall–Kier alpha value is -2.24. The fourth-order valence-corrected chi connectivity index (χ4v) is 2.14. The molecule has 0 saturated heterocycles. The van der Waals surface area contributed by atoms with Crippen molar-refractivity contribution < 1.29 is 24.5 Å². The summed E-state index contributed by atoms with van der Waals surface area (Å²) in [4.78, 5) is 22.9. The van der Waals surface area contributed by atoms with Gasteiger partial charge >= 0.3 is 5.97 Å². The number of ether oxygens (including phenoxy) is 1. The monoisotopic (exact) mass is 279 g/mol. The van der Waals surface area contributed by atoms with E-state index in [-0.39, 0.29) is 29.4 Å². The van der Waals surface area contributed by atoms with Crippen LogP contribution >= 0.6 is 0 Å². The number of carbonyl (C=O) groups is 2. The van der Waals surface area contributed by atoms with Crippen LogP contribution in [0.3, 0.4) is 0 Å². The molecule has 1 atom stereocenters. The average molecular weight is 279 g/mol. The molecule has 1 aromatic carbocycles. The first-order valence-corrected chi connectivity index (χ1v) is 6.41. The van der Waals surface area contributed by atoms with Crippen LogP contribution in [0.2, 0.25) is 0 Å². The van der Waals surface area contributed by atoms with Crippen molar-refractivity contribution in [2.75, 3.05) is 7.11 Å². The molecular formula is C14H17NO5. The maximum absolute atomic E-state index is 12.1. The third-order valence-corrected chi connectivity index (χ3v) is 3.37. The van der Waals surface area contributed by atoms with E-state index < -0.39 is 17.9 Å². The number of hydrogen-bond acceptors (Lipinski definition) is 4. The zero-order chi connectivity index (χ0) is 14.7. The van der Waals surface area contributed by atoms with Gasteiger partial charge in [-0.1, -0.05) is 6.07 Å². The number of nitrogens with one attached hydrogen (secondary N) is 1. The number of carboxylic acids is 1. The molecule has 20 heavy (non-hydrogen) atoms. The number of aromatic hydroxyl groups is 1. The third kappa shape index (κ3) is 3.20. The van der Waals surface area contributed by atoms with Crippen LogP contribution in [0.1, 0.15) is 29.6 Å². The zero-order valence-electron chi connectivity index (χ0n) is 11.1. The van der Waals surface area contributed by atoms with Crippen LogP contribution in [0, 0.1) is 5.92 Å². The minimum atomic E-state index is -0.947. The molecule has 108 valence electrons. The molecule has 1 aliphatic rings. The second kappa shape index (κ2) is 5.81. The molecule has 0 aromatic heterocycles. The number of phenolic OH excluding ortho intramolecular Hbond substituents is 1. The molecular weight excluding hydrogens is 262 g/mol. The fourth-order valence-electron chi connectivity index (χ4n) is 2.14. The number of rotatable bonds is 6. The van der Waals surface area contributed by atoms with E-state index in [9.17, 15) is 14.7 Å². The number of methoxy groups -OCH3 is 1. The highest BCUT2D eigenvalue weighted by molar-refractivity contribution is 5.98. The van der Waals surface area contributed by atoms with Crippen molar-refractivity contribution in [2.45, 2.75) is 25.3 Å². The van der Waals surface area contributed by atoms with Crippen molar-refractivity contribution in [3.63, 3.8) is 0 Å². The summed E-state index contributed by atoms with van der Waals surface area (Å²) in [5.41, 5.74) is 0.0837. The number of para-hydroxylation sites is 1. The van der Waals surface area contributed by atoms with Gasteiger partial charge in [0.15, 0.2) is 11.5 Å². The van der Waals surface area contributed by atoms with Crippen LogP contribution in [0.5, 0.6) is 11.5 Å². The van der Waals surface area contributed by atoms with E-state index in [1.54, 1.807) is 12.1 Å². The molecule has 3 N–H and O–H groups in total. The number of amides is 1. The lowest BCUT2D eigenvalue weighted by Gasteiger charge is -2.17. The first-order chi connectivity index (χ1) is 9.52. The second-order valence-corrected chi connectivity index (χ2v) is 4.87. The van der Waals surface area contributed by atoms with Crippen LogP contribution in [-0.4, -0.2) is 35.2 Å². The highest BCUT2D eigenvalue weighted by Gasteiger charge is 2.34. The van der Waals surface area contributed by atoms with Gasteiger partial charge in [0.2, 0.25) is 0 Å². The molecule has 1 fully saturated rings. The lowest BCUT2D eigenvalue weighted by atomic mass is 10.1. The molecule has 0 spiro atoms. The van der Waals surface area contributed by atoms with Gasteiger partial charge in [-0.15, -0.1) is 0 Å². The molecule has 1 aromatic rings. The molecule has 6 heteroatoms. The Morgan fingerprint density at radius 1 is 1.45 bits per heavy atom. The molecule has 2 rings (SSSR count). The lowest BCUT2D eigenvalue weighted by molar-refractivity contribution is -0.137. The normalized spacial score (nSPS) is 15.4. The molecule has 6 nitrogen and oxygen atoms in total. The molecule has 0 radical (unpaired) electrons. The number of benzene rings is 1. The summed E-state index contributed by atoms with van der Waals surface area (Å²) < 4.78 is 4.94. The van der Waals surface area contributed by atoms with Gasteiger partial charge in [-0.25, -0.2) is 0 Å². The molecule has 0 aliphatic heterocycles. The van der Waals surface area contributed by atoms with Gasteiger partial charge in [0.25, 0.3) is 5.91 Å². The van der Waals surface area contributed by atoms with E-state index in [0.717, 1.165) is 12.8 Å². The summed E-state index contributed by atoms with van der Waals surface area (Å²) in [7, 11) is 1.40. The predicted molar refractivity (Wildman–Crippen MR) is 70.9 cm³/mol. The number of hydrogen-bond donors (Lipinski definition) is 3. The van der Waals surface area contributed by atoms with Crippen molar-refractivity contribution >= 4 is 11.9 Å². The van der Waals surface area contributed by atoms with Gasteiger partial charge in [0.05, 0.1) is 19.1 Å². The zero-order valence-corrected chi connectivity index (χ0v) is 11.1. The molecule has 0 heterocycles. The van der Waals surface area contributed by atoms with E-state index >= 15 is 0 Å². The van der Waals surface area contributed by atoms with Gasteiger partial charge in [0, 0.05) is 6.04 Å². The Labute approximate surface area is 116 Å². The smallest absolute Gasteiger partial charge is 0.305 e. The summed E-state index contributed by atoms with van der Waals surface area (Å²) in [6.07, 6.45) is 1.73. The number of carbonyl (C=O) groups excluding carboxylic acids is 1. The maximum atomic E-state index is 12.1. The summed E-state index contributed by atoms with van der Waals surface area (Å²) in [6.45, 7) is 0. The third-order valence-electron chi connectivity index (χ3n) is 3.37. The van der Waals surface area contributed by atoms with Crippen LogP contribution in [0.15, 0.2) is 18.2 Å². The van der Waals surface area contributed by atoms with Crippen molar-refractivity contribution in [1.82, 2.24) is 5.32 Å². The Morgan fingerprint density at radius 2 is 2.15 bits per heavy atom. The van der Waals surface area contributed by atoms with Crippen LogP contribution < -0.4 is 10.1 Å². The summed E-state index contributed by atoms with van der Waals surface area (Å²) in [5.74, 6) is -1.25. The van der Waals surface area contributed by atoms with Crippen molar-refractivity contribution in [3.05, 3.63) is 23.8 Å². The van der Waals surface area contributed by atoms with E-state index in [4.69, 9.17) is 9.84 Å². The van der Waals surface area contributed by atoms with Crippen molar-refractivity contribution in [1.29, 1.82) is 0 Å². The SMILES string of the molecule is COc1cccc(C(=O)NC(CC(=O)O)C2CC2)c1O. The van der Waals surface area contributed by atoms with Gasteiger partial charge < -0.3 is 20.3 Å². The minimum Gasteiger partial charge on any atom is -0.504 e. The summed E-state index contributed by atoms with van der Waals surface area (Å²) in [6, 6.07) is 4.21. The predicted octanol–water partition coefficient (Wildman–Crippen LogP) is 1.38. The van der Waals surface area contributed by atoms with Gasteiger partial charge in [-0.2, -0.15) is 0 Å². The van der Waals surface area contributed by atoms with Crippen molar-refractivity contribution in [2.24, 2.45) is 5.92 Å². The number of aliphatic carboxylic acids is 1. The van der Waals surface area contributed by atoms with Crippen molar-refractivity contribution in [3.8, 4) is 11.5 Å². The molecule has 0 bridgehead atoms. The Balaban J connectivity index is 2.12. The highest BCUT2D eigenvalue weighted by Crippen LogP contribution is 2.35. The fraction of sp³-hybridized carbons (Fsp3) is 0.429. The first kappa shape index (κ1) is 14.2. The van der Waals surface area contributed by atoms with Gasteiger partial charge in [0.1, 0.15) is 0 Å². The topological polar surface area (TPSA) is 95.9 Å². The van der Waals surface area contributed by atoms with Crippen LogP contribution in [0.4, 0.5) is 0 Å². The molecule has 1 amide bonds. The summed E-state index contributed by atoms with van der Waals surface area (Å²) >= 11 is 0. The van der Waals surface area contributed by atoms with Gasteiger partial charge in [-0.3, -0.25) is 9.59 Å². The summed E-state index contributed by atoms with van der Waals surface area (Å²) in [5, 5.41) is 21.4. The van der Waals surface area contributed by atoms with Gasteiger partial charge in [-0.05, 0) is 30.9 Å². The Bertz CT molecular complexity index is 524. The van der Waals surface area contributed by atoms with E-state index in [1.807, 2.05) is 0 Å². The first-order valence-electron chi connectivity index (χ1n) is 6.41. The molecule has 1 unspecified atom stereocenters. The standard InChI is InChI=1S/C14H17NO5/c1-20-11-4-2-3-9(13(11)18)14(19)15-10(7-12(16)17)8-5-6-8/h2-4,8,10,18H,5-7H2,1H3,(H,15,19)(H,16,17). The maximum Gasteiger partial charge on any atom is 0.305 e. The van der Waals surface area contributed by atoms with Crippen LogP contribution in [-0.2, 0) is 4.79 Å². The van der Waals surface area contributed by atoms with Crippen LogP contribution in [0.25, 0.3) is 0 Å². The van der Waals surface area contributed by atoms with E-state index in [1.165, 1.54) is 13.2 Å². The number of phenols is 1. The minimum absolute atomic E-state index is 0.0837. The van der Waals surface area contributed by atoms with E-state index in [2.05, 4.69) is 5.32 Å². The quantitative estimate of drug-likeness (QED) is 0.731. The largest absolute Gasteiger partial charge is 0.504 e. The molecule has 1 saturated carbocycles. The lowest BCUT2D eigenvalue weighted by Crippen LogP contribution is -2.38. The Kier molecular flexibility index (Phi) is 4.12. The second-order valence-electron chi connectivity index (χ2n) is 4.87.